The molecular formula is C11H17NO2. The first-order valence-electron chi connectivity index (χ1n) is 5.02. The molecule has 1 amide bonds. The molecule has 14 heavy (non-hydrogen) atoms. The number of ether oxygens (including phenoxy) is 1. The number of nitrogens with one attached hydrogen (secondary N) is 1. The van der Waals surface area contributed by atoms with Crippen LogP contribution in [-0.2, 0) is 4.74 Å². The average Bonchev–Trinajstić information content (AvgIpc) is 2.47. The van der Waals surface area contributed by atoms with Crippen LogP contribution in [0.3, 0.4) is 0 Å². The lowest BCUT2D eigenvalue weighted by Gasteiger charge is -2.08. The Labute approximate surface area is 84.5 Å². The molecule has 0 bridgehead atoms. The summed E-state index contributed by atoms with van der Waals surface area (Å²) in [5.74, 6) is 0.360. The predicted octanol–water partition coefficient (Wildman–Crippen LogP) is 2.09. The zero-order valence-electron chi connectivity index (χ0n) is 9.18. The van der Waals surface area contributed by atoms with E-state index in [-0.39, 0.29) is 17.1 Å². The van der Waals surface area contributed by atoms with E-state index in [1.54, 1.807) is 0 Å². The molecule has 2 fully saturated rings. The summed E-state index contributed by atoms with van der Waals surface area (Å²) in [5.41, 5.74) is 1.08. The van der Waals surface area contributed by atoms with E-state index in [1.807, 2.05) is 0 Å². The minimum Gasteiger partial charge on any atom is -0.440 e. The van der Waals surface area contributed by atoms with Gasteiger partial charge in [0, 0.05) is 11.3 Å². The molecule has 0 radical (unpaired) electrons. The third kappa shape index (κ3) is 1.01. The number of rotatable bonds is 1. The predicted molar refractivity (Wildman–Crippen MR) is 53.9 cm³/mol. The van der Waals surface area contributed by atoms with Gasteiger partial charge >= 0.3 is 6.09 Å². The first kappa shape index (κ1) is 9.56. The highest BCUT2D eigenvalue weighted by molar-refractivity contribution is 5.72. The van der Waals surface area contributed by atoms with Crippen molar-refractivity contribution >= 4 is 6.09 Å². The summed E-state index contributed by atoms with van der Waals surface area (Å²) in [5, 5.41) is 2.74. The molecule has 0 aromatic heterocycles. The van der Waals surface area contributed by atoms with Crippen LogP contribution in [0.4, 0.5) is 4.79 Å². The fraction of sp³-hybridized carbons (Fsp3) is 0.727. The van der Waals surface area contributed by atoms with E-state index in [0.29, 0.717) is 12.5 Å². The second-order valence-corrected chi connectivity index (χ2v) is 5.08. The SMILES string of the molecule is CC(C)=CC1C(C)(C)C12CNC(=O)O2. The Balaban J connectivity index is 2.24. The second-order valence-electron chi connectivity index (χ2n) is 5.08. The molecule has 1 saturated heterocycles. The molecule has 3 nitrogen and oxygen atoms in total. The Morgan fingerprint density at radius 3 is 2.64 bits per heavy atom. The number of hydrogen-bond acceptors (Lipinski definition) is 2. The van der Waals surface area contributed by atoms with Crippen molar-refractivity contribution in [2.45, 2.75) is 33.3 Å². The summed E-state index contributed by atoms with van der Waals surface area (Å²) in [6.07, 6.45) is 1.93. The fourth-order valence-corrected chi connectivity index (χ4v) is 2.50. The van der Waals surface area contributed by atoms with Gasteiger partial charge in [-0.15, -0.1) is 0 Å². The van der Waals surface area contributed by atoms with E-state index >= 15 is 0 Å². The van der Waals surface area contributed by atoms with Crippen molar-refractivity contribution in [3.05, 3.63) is 11.6 Å². The lowest BCUT2D eigenvalue weighted by atomic mass is 10.1. The van der Waals surface area contributed by atoms with Crippen molar-refractivity contribution < 1.29 is 9.53 Å². The van der Waals surface area contributed by atoms with Crippen LogP contribution in [0.15, 0.2) is 11.6 Å². The summed E-state index contributed by atoms with van der Waals surface area (Å²) < 4.78 is 5.39. The van der Waals surface area contributed by atoms with Gasteiger partial charge in [0.25, 0.3) is 0 Å². The minimum absolute atomic E-state index is 0.0728. The number of carbonyl (C=O) groups is 1. The molecule has 0 aromatic rings. The van der Waals surface area contributed by atoms with E-state index < -0.39 is 0 Å². The first-order valence-corrected chi connectivity index (χ1v) is 5.02. The summed E-state index contributed by atoms with van der Waals surface area (Å²) in [6, 6.07) is 0. The molecule has 2 aliphatic rings. The maximum absolute atomic E-state index is 11.1. The van der Waals surface area contributed by atoms with Gasteiger partial charge in [-0.05, 0) is 13.8 Å². The molecule has 1 aliphatic carbocycles. The van der Waals surface area contributed by atoms with Gasteiger partial charge in [-0.3, -0.25) is 0 Å². The van der Waals surface area contributed by atoms with Crippen molar-refractivity contribution in [1.29, 1.82) is 0 Å². The zero-order valence-corrected chi connectivity index (χ0v) is 9.18. The molecular weight excluding hydrogens is 178 g/mol. The molecule has 1 spiro atoms. The normalized spacial score (nSPS) is 37.7. The van der Waals surface area contributed by atoms with E-state index in [2.05, 4.69) is 39.1 Å². The van der Waals surface area contributed by atoms with Gasteiger partial charge in [0.05, 0.1) is 6.54 Å². The molecule has 78 valence electrons. The van der Waals surface area contributed by atoms with Crippen LogP contribution in [0.2, 0.25) is 0 Å². The Kier molecular flexibility index (Phi) is 1.72. The van der Waals surface area contributed by atoms with Crippen molar-refractivity contribution in [2.24, 2.45) is 11.3 Å². The van der Waals surface area contributed by atoms with E-state index in [0.717, 1.165) is 0 Å². The topological polar surface area (TPSA) is 38.3 Å². The molecule has 1 aliphatic heterocycles. The largest absolute Gasteiger partial charge is 0.440 e. The van der Waals surface area contributed by atoms with Gasteiger partial charge in [-0.25, -0.2) is 4.79 Å². The molecule has 2 rings (SSSR count). The third-order valence-electron chi connectivity index (χ3n) is 3.56. The number of allylic oxidation sites excluding steroid dienone is 1. The lowest BCUT2D eigenvalue weighted by molar-refractivity contribution is 0.102. The Hall–Kier alpha value is -0.990. The first-order chi connectivity index (χ1) is 6.40. The van der Waals surface area contributed by atoms with Gasteiger partial charge in [-0.2, -0.15) is 0 Å². The fourth-order valence-electron chi connectivity index (χ4n) is 2.50. The maximum Gasteiger partial charge on any atom is 0.407 e. The maximum atomic E-state index is 11.1. The monoisotopic (exact) mass is 195 g/mol. The number of amides is 1. The second kappa shape index (κ2) is 2.53. The van der Waals surface area contributed by atoms with Gasteiger partial charge in [0.1, 0.15) is 5.60 Å². The number of carbonyl (C=O) groups excluding carboxylic acids is 1. The summed E-state index contributed by atoms with van der Waals surface area (Å²) in [7, 11) is 0. The smallest absolute Gasteiger partial charge is 0.407 e. The lowest BCUT2D eigenvalue weighted by Crippen LogP contribution is -2.22. The van der Waals surface area contributed by atoms with Crippen LogP contribution in [0, 0.1) is 11.3 Å². The Morgan fingerprint density at radius 2 is 2.21 bits per heavy atom. The molecule has 3 heteroatoms. The van der Waals surface area contributed by atoms with Crippen LogP contribution < -0.4 is 5.32 Å². The van der Waals surface area contributed by atoms with Crippen molar-refractivity contribution in [3.63, 3.8) is 0 Å². The highest BCUT2D eigenvalue weighted by atomic mass is 16.6. The highest BCUT2D eigenvalue weighted by Gasteiger charge is 2.75. The molecule has 0 aromatic carbocycles. The molecule has 1 saturated carbocycles. The van der Waals surface area contributed by atoms with Crippen LogP contribution >= 0.6 is 0 Å². The van der Waals surface area contributed by atoms with Crippen LogP contribution in [0.25, 0.3) is 0 Å². The summed E-state index contributed by atoms with van der Waals surface area (Å²) >= 11 is 0. The van der Waals surface area contributed by atoms with Crippen LogP contribution in [0.5, 0.6) is 0 Å². The zero-order chi connectivity index (χ0) is 10.6. The molecule has 1 N–H and O–H groups in total. The summed E-state index contributed by atoms with van der Waals surface area (Å²) in [4.78, 5) is 11.1. The molecule has 1 heterocycles. The van der Waals surface area contributed by atoms with Gasteiger partial charge < -0.3 is 10.1 Å². The molecule has 2 atom stereocenters. The van der Waals surface area contributed by atoms with E-state index in [9.17, 15) is 4.79 Å². The van der Waals surface area contributed by atoms with Crippen molar-refractivity contribution in [2.75, 3.05) is 6.54 Å². The molecule has 2 unspecified atom stereocenters. The highest BCUT2D eigenvalue weighted by Crippen LogP contribution is 2.65. The average molecular weight is 195 g/mol. The van der Waals surface area contributed by atoms with Crippen LogP contribution in [0.1, 0.15) is 27.7 Å². The number of alkyl carbamates (subject to hydrolysis) is 1. The standard InChI is InChI=1S/C11H17NO2/c1-7(2)5-8-10(3,4)11(8)6-12-9(13)14-11/h5,8H,6H2,1-4H3,(H,12,13). The number of hydrogen-bond donors (Lipinski definition) is 1. The van der Waals surface area contributed by atoms with Crippen LogP contribution in [-0.4, -0.2) is 18.2 Å². The Morgan fingerprint density at radius 1 is 1.57 bits per heavy atom. The van der Waals surface area contributed by atoms with Gasteiger partial charge in [0.15, 0.2) is 0 Å². The third-order valence-corrected chi connectivity index (χ3v) is 3.56. The van der Waals surface area contributed by atoms with Gasteiger partial charge in [-0.1, -0.05) is 25.5 Å². The van der Waals surface area contributed by atoms with Gasteiger partial charge in [0.2, 0.25) is 0 Å². The van der Waals surface area contributed by atoms with E-state index in [4.69, 9.17) is 4.74 Å². The minimum atomic E-state index is -0.276. The summed E-state index contributed by atoms with van der Waals surface area (Å²) in [6.45, 7) is 9.10. The quantitative estimate of drug-likeness (QED) is 0.650. The van der Waals surface area contributed by atoms with E-state index in [1.165, 1.54) is 5.57 Å². The van der Waals surface area contributed by atoms with Crippen molar-refractivity contribution in [1.82, 2.24) is 5.32 Å². The Bertz CT molecular complexity index is 315. The van der Waals surface area contributed by atoms with Crippen molar-refractivity contribution in [3.8, 4) is 0 Å².